The van der Waals surface area contributed by atoms with Gasteiger partial charge in [0.15, 0.2) is 0 Å². The molecule has 116 valence electrons. The highest BCUT2D eigenvalue weighted by molar-refractivity contribution is 4.69. The van der Waals surface area contributed by atoms with Gasteiger partial charge in [-0.2, -0.15) is 0 Å². The third-order valence-corrected chi connectivity index (χ3v) is 0.990. The molecule has 18 heavy (non-hydrogen) atoms. The molecule has 0 aromatic heterocycles. The second kappa shape index (κ2) is 44.9. The molecule has 0 aromatic rings. The molecule has 0 atom stereocenters. The molecule has 0 aliphatic heterocycles. The van der Waals surface area contributed by atoms with Crippen LogP contribution in [0.5, 0.6) is 0 Å². The lowest BCUT2D eigenvalue weighted by molar-refractivity contribution is 0.108. The molecule has 1 N–H and O–H groups in total. The number of hydrogen-bond acceptors (Lipinski definition) is 2. The minimum Gasteiger partial charge on any atom is -0.396 e. The Labute approximate surface area is 95.6 Å². The highest BCUT2D eigenvalue weighted by atomic mass is 20.0. The Morgan fingerprint density at radius 1 is 1.00 bits per heavy atom. The first-order valence-electron chi connectivity index (χ1n) is 3.31. The highest BCUT2D eigenvalue weighted by Crippen LogP contribution is 2.12. The van der Waals surface area contributed by atoms with E-state index in [1.165, 1.54) is 0 Å². The van der Waals surface area contributed by atoms with Gasteiger partial charge in [-0.15, -0.1) is 0 Å². The largest absolute Gasteiger partial charge is 0.396 e. The van der Waals surface area contributed by atoms with Crippen molar-refractivity contribution in [2.45, 2.75) is 13.8 Å². The topological polar surface area (TPSA) is 69.0 Å². The van der Waals surface area contributed by atoms with Crippen molar-refractivity contribution in [2.24, 2.45) is 10.5 Å². The van der Waals surface area contributed by atoms with E-state index >= 15 is 0 Å². The van der Waals surface area contributed by atoms with Crippen LogP contribution in [0, 0.1) is 5.41 Å². The molecule has 0 aromatic carbocycles. The molecule has 0 spiro atoms. The first-order valence-corrected chi connectivity index (χ1v) is 3.31. The van der Waals surface area contributed by atoms with Crippen LogP contribution in [-0.4, -0.2) is 18.3 Å². The lowest BCUT2D eigenvalue weighted by Gasteiger charge is -2.17. The van der Waals surface area contributed by atoms with Gasteiger partial charge in [0.25, 0.3) is 0 Å². The Morgan fingerprint density at radius 3 is 1.44 bits per heavy atom. The molecule has 0 amide bonds. The number of azide groups is 1. The zero-order valence-electron chi connectivity index (χ0n) is 9.14. The highest BCUT2D eigenvalue weighted by Gasteiger charge is 2.13. The van der Waals surface area contributed by atoms with Crippen LogP contribution in [0.3, 0.4) is 0 Å². The normalized spacial score (nSPS) is 6.61. The standard InChI is InChI=1S/C5H11N3O.4F2.FH/c1-5(2,4-9)3-7-8-6;4*1-2;/h9H,3-4H2,1-2H3;;;;;1H. The molecule has 0 radical (unpaired) electrons. The van der Waals surface area contributed by atoms with Gasteiger partial charge in [0.2, 0.25) is 0 Å². The third kappa shape index (κ3) is 61.8. The zero-order valence-corrected chi connectivity index (χ0v) is 9.14. The molecule has 0 saturated heterocycles. The quantitative estimate of drug-likeness (QED) is 0.345. The summed E-state index contributed by atoms with van der Waals surface area (Å²) in [7, 11) is 0. The average Bonchev–Trinajstić information content (AvgIpc) is 2.45. The molecular weight excluding hydrogens is 289 g/mol. The lowest BCUT2D eigenvalue weighted by Crippen LogP contribution is -2.19. The minimum atomic E-state index is -0.272. The summed E-state index contributed by atoms with van der Waals surface area (Å²) in [4.78, 5) is 2.58. The molecule has 13 heteroatoms. The fraction of sp³-hybridized carbons (Fsp3) is 1.00. The van der Waals surface area contributed by atoms with Gasteiger partial charge in [-0.1, -0.05) is 19.0 Å². The molecule has 0 unspecified atom stereocenters. The molecule has 0 rings (SSSR count). The van der Waals surface area contributed by atoms with Crippen molar-refractivity contribution in [3.05, 3.63) is 10.4 Å². The van der Waals surface area contributed by atoms with Crippen LogP contribution in [0.4, 0.5) is 41.3 Å². The Bertz CT molecular complexity index is 144. The summed E-state index contributed by atoms with van der Waals surface area (Å²) in [5, 5.41) is 12.0. The van der Waals surface area contributed by atoms with Crippen molar-refractivity contribution in [1.29, 1.82) is 0 Å². The monoisotopic (exact) mass is 301 g/mol. The smallest absolute Gasteiger partial charge is 0.0483 e. The molecule has 0 fully saturated rings. The van der Waals surface area contributed by atoms with Crippen LogP contribution in [0.25, 0.3) is 10.4 Å². The lowest BCUT2D eigenvalue weighted by atomic mass is 9.96. The summed E-state index contributed by atoms with van der Waals surface area (Å²) in [5.74, 6) is 0. The van der Waals surface area contributed by atoms with Gasteiger partial charge in [0.05, 0.1) is 0 Å². The van der Waals surface area contributed by atoms with Crippen LogP contribution in [0.2, 0.25) is 0 Å². The second-order valence-electron chi connectivity index (χ2n) is 2.71. The molecule has 0 aliphatic rings. The van der Waals surface area contributed by atoms with Gasteiger partial charge in [-0.25, -0.2) is 0 Å². The van der Waals surface area contributed by atoms with Gasteiger partial charge in [0, 0.05) is 54.7 Å². The van der Waals surface area contributed by atoms with E-state index in [9.17, 15) is 0 Å². The van der Waals surface area contributed by atoms with E-state index in [2.05, 4.69) is 10.0 Å². The van der Waals surface area contributed by atoms with Crippen molar-refractivity contribution < 1.29 is 46.4 Å². The molecule has 0 bridgehead atoms. The summed E-state index contributed by atoms with van der Waals surface area (Å²) in [5.41, 5.74) is 7.63. The van der Waals surface area contributed by atoms with Crippen molar-refractivity contribution in [2.75, 3.05) is 13.2 Å². The maximum atomic E-state index is 8.64. The minimum absolute atomic E-state index is 0. The van der Waals surface area contributed by atoms with Crippen LogP contribution in [0.1, 0.15) is 13.8 Å². The predicted octanol–water partition coefficient (Wildman–Crippen LogP) is 4.83. The van der Waals surface area contributed by atoms with E-state index in [1.807, 2.05) is 13.8 Å². The Hall–Kier alpha value is -1.36. The van der Waals surface area contributed by atoms with Gasteiger partial charge in [-0.05, 0) is 10.9 Å². The number of rotatable bonds is 3. The number of halogens is 9. The average molecular weight is 301 g/mol. The zero-order chi connectivity index (χ0) is 15.3. The maximum absolute atomic E-state index is 8.64. The van der Waals surface area contributed by atoms with Crippen molar-refractivity contribution in [3.8, 4) is 0 Å². The third-order valence-electron chi connectivity index (χ3n) is 0.990. The molecule has 0 heterocycles. The fourth-order valence-electron chi connectivity index (χ4n) is 0.273. The summed E-state index contributed by atoms with van der Waals surface area (Å²) in [6.07, 6.45) is 0. The van der Waals surface area contributed by atoms with Gasteiger partial charge < -0.3 is 5.11 Å². The summed E-state index contributed by atoms with van der Waals surface area (Å²) in [6, 6.07) is 0. The van der Waals surface area contributed by atoms with Crippen LogP contribution in [0.15, 0.2) is 5.11 Å². The predicted molar refractivity (Wildman–Crippen MR) is 46.2 cm³/mol. The molecule has 4 nitrogen and oxygen atoms in total. The Kier molecular flexibility index (Phi) is 89.7. The van der Waals surface area contributed by atoms with Crippen molar-refractivity contribution in [1.82, 2.24) is 0 Å². The van der Waals surface area contributed by atoms with E-state index in [4.69, 9.17) is 47.2 Å². The van der Waals surface area contributed by atoms with Crippen molar-refractivity contribution >= 4 is 0 Å². The maximum Gasteiger partial charge on any atom is 0.0483 e. The van der Waals surface area contributed by atoms with E-state index in [1.54, 1.807) is 0 Å². The first kappa shape index (κ1) is 36.0. The van der Waals surface area contributed by atoms with E-state index in [-0.39, 0.29) is 16.7 Å². The van der Waals surface area contributed by atoms with Gasteiger partial charge >= 0.3 is 0 Å². The van der Waals surface area contributed by atoms with Crippen LogP contribution >= 0.6 is 0 Å². The van der Waals surface area contributed by atoms with E-state index in [0.29, 0.717) is 6.54 Å². The van der Waals surface area contributed by atoms with Gasteiger partial charge in [0.1, 0.15) is 0 Å². The summed E-state index contributed by atoms with van der Waals surface area (Å²) < 4.78 is 64.0. The number of aliphatic hydroxyl groups is 1. The summed E-state index contributed by atoms with van der Waals surface area (Å²) in [6.45, 7) is 4.06. The number of hydrogen-bond donors (Lipinski definition) is 1. The first-order chi connectivity index (χ1) is 8.12. The number of nitrogens with zero attached hydrogens (tertiary/aromatic N) is 3. The second-order valence-corrected chi connectivity index (χ2v) is 2.71. The van der Waals surface area contributed by atoms with E-state index in [0.717, 1.165) is 0 Å². The molecule has 0 saturated carbocycles. The molecular formula is C5H12F9N3O. The van der Waals surface area contributed by atoms with Crippen LogP contribution in [-0.2, 0) is 0 Å². The Balaban J connectivity index is -0.0000000342. The molecule has 0 aliphatic carbocycles. The SMILES string of the molecule is CC(C)(CO)CN=[N+]=[N-].F.FF.FF.FF.FF. The fourth-order valence-corrected chi connectivity index (χ4v) is 0.273. The van der Waals surface area contributed by atoms with Crippen LogP contribution < -0.4 is 0 Å². The number of aliphatic hydroxyl groups excluding tert-OH is 1. The van der Waals surface area contributed by atoms with E-state index < -0.39 is 0 Å². The van der Waals surface area contributed by atoms with Crippen molar-refractivity contribution in [3.63, 3.8) is 0 Å². The van der Waals surface area contributed by atoms with Gasteiger partial charge in [-0.3, -0.25) is 4.70 Å². The summed E-state index contributed by atoms with van der Waals surface area (Å²) >= 11 is 0. The Morgan fingerprint density at radius 2 is 1.28 bits per heavy atom.